The SMILES string of the molecule is CCc1ccsc1C(Cl)c1cc(C)ccc1C. The minimum absolute atomic E-state index is 0.00940. The van der Waals surface area contributed by atoms with Gasteiger partial charge >= 0.3 is 0 Å². The van der Waals surface area contributed by atoms with Crippen LogP contribution >= 0.6 is 22.9 Å². The van der Waals surface area contributed by atoms with Crippen molar-refractivity contribution in [1.82, 2.24) is 0 Å². The van der Waals surface area contributed by atoms with Crippen LogP contribution in [-0.4, -0.2) is 0 Å². The van der Waals surface area contributed by atoms with E-state index in [0.717, 1.165) is 6.42 Å². The number of thiophene rings is 1. The van der Waals surface area contributed by atoms with Gasteiger partial charge in [-0.15, -0.1) is 22.9 Å². The first-order chi connectivity index (χ1) is 8.13. The van der Waals surface area contributed by atoms with Crippen LogP contribution in [0.1, 0.15) is 39.4 Å². The fourth-order valence-electron chi connectivity index (χ4n) is 2.04. The summed E-state index contributed by atoms with van der Waals surface area (Å²) >= 11 is 8.40. The van der Waals surface area contributed by atoms with Crippen molar-refractivity contribution < 1.29 is 0 Å². The number of alkyl halides is 1. The second kappa shape index (κ2) is 5.24. The second-order valence-electron chi connectivity index (χ2n) is 4.39. The molecule has 0 aliphatic heterocycles. The Morgan fingerprint density at radius 1 is 1.24 bits per heavy atom. The van der Waals surface area contributed by atoms with Crippen LogP contribution in [0.15, 0.2) is 29.6 Å². The van der Waals surface area contributed by atoms with Gasteiger partial charge in [0.1, 0.15) is 0 Å². The normalized spacial score (nSPS) is 12.7. The van der Waals surface area contributed by atoms with E-state index in [1.54, 1.807) is 11.3 Å². The lowest BCUT2D eigenvalue weighted by molar-refractivity contribution is 1.06. The molecule has 0 fully saturated rings. The number of benzene rings is 1. The summed E-state index contributed by atoms with van der Waals surface area (Å²) < 4.78 is 0. The summed E-state index contributed by atoms with van der Waals surface area (Å²) in [6.45, 7) is 6.42. The van der Waals surface area contributed by atoms with E-state index in [1.807, 2.05) is 0 Å². The average molecular weight is 265 g/mol. The fourth-order valence-corrected chi connectivity index (χ4v) is 3.55. The van der Waals surface area contributed by atoms with Crippen LogP contribution in [0.2, 0.25) is 0 Å². The first kappa shape index (κ1) is 12.7. The minimum atomic E-state index is -0.00940. The molecule has 2 aromatic rings. The van der Waals surface area contributed by atoms with Crippen molar-refractivity contribution in [1.29, 1.82) is 0 Å². The molecule has 0 radical (unpaired) electrons. The molecule has 1 heterocycles. The molecule has 0 nitrogen and oxygen atoms in total. The molecule has 1 unspecified atom stereocenters. The number of rotatable bonds is 3. The number of aryl methyl sites for hydroxylation is 3. The summed E-state index contributed by atoms with van der Waals surface area (Å²) in [5.74, 6) is 0. The standard InChI is InChI=1S/C15H17ClS/c1-4-12-7-8-17-15(12)14(16)13-9-10(2)5-6-11(13)3/h5-9,14H,4H2,1-3H3. The van der Waals surface area contributed by atoms with Gasteiger partial charge in [-0.05, 0) is 48.4 Å². The zero-order valence-electron chi connectivity index (χ0n) is 10.5. The molecule has 17 heavy (non-hydrogen) atoms. The molecule has 1 atom stereocenters. The Bertz CT molecular complexity index is 513. The highest BCUT2D eigenvalue weighted by Crippen LogP contribution is 2.36. The molecule has 0 bridgehead atoms. The molecule has 0 saturated carbocycles. The molecule has 0 aliphatic carbocycles. The maximum atomic E-state index is 6.64. The van der Waals surface area contributed by atoms with Crippen molar-refractivity contribution in [3.63, 3.8) is 0 Å². The third-order valence-corrected chi connectivity index (χ3v) is 4.71. The van der Waals surface area contributed by atoms with E-state index >= 15 is 0 Å². The van der Waals surface area contributed by atoms with E-state index in [0.29, 0.717) is 0 Å². The summed E-state index contributed by atoms with van der Waals surface area (Å²) in [6, 6.07) is 8.67. The summed E-state index contributed by atoms with van der Waals surface area (Å²) in [4.78, 5) is 1.29. The van der Waals surface area contributed by atoms with Crippen molar-refractivity contribution in [3.05, 3.63) is 56.8 Å². The van der Waals surface area contributed by atoms with Crippen molar-refractivity contribution in [2.24, 2.45) is 0 Å². The quantitative estimate of drug-likeness (QED) is 0.664. The van der Waals surface area contributed by atoms with Gasteiger partial charge in [-0.3, -0.25) is 0 Å². The lowest BCUT2D eigenvalue weighted by Crippen LogP contribution is -1.97. The van der Waals surface area contributed by atoms with E-state index < -0.39 is 0 Å². The van der Waals surface area contributed by atoms with Crippen LogP contribution in [0, 0.1) is 13.8 Å². The van der Waals surface area contributed by atoms with Crippen LogP contribution in [-0.2, 0) is 6.42 Å². The van der Waals surface area contributed by atoms with Crippen molar-refractivity contribution in [3.8, 4) is 0 Å². The van der Waals surface area contributed by atoms with Crippen molar-refractivity contribution >= 4 is 22.9 Å². The first-order valence-corrected chi connectivity index (χ1v) is 7.22. The zero-order valence-corrected chi connectivity index (χ0v) is 12.0. The molecule has 0 amide bonds. The topological polar surface area (TPSA) is 0 Å². The number of hydrogen-bond donors (Lipinski definition) is 0. The average Bonchev–Trinajstić information content (AvgIpc) is 2.79. The smallest absolute Gasteiger partial charge is 0.0933 e. The van der Waals surface area contributed by atoms with Crippen LogP contribution in [0.25, 0.3) is 0 Å². The number of halogens is 1. The van der Waals surface area contributed by atoms with E-state index in [1.165, 1.54) is 27.1 Å². The van der Waals surface area contributed by atoms with Crippen molar-refractivity contribution in [2.75, 3.05) is 0 Å². The largest absolute Gasteiger partial charge is 0.147 e. The maximum Gasteiger partial charge on any atom is 0.0933 e. The predicted molar refractivity (Wildman–Crippen MR) is 77.3 cm³/mol. The van der Waals surface area contributed by atoms with Gasteiger partial charge in [0.25, 0.3) is 0 Å². The van der Waals surface area contributed by atoms with Gasteiger partial charge in [0.15, 0.2) is 0 Å². The van der Waals surface area contributed by atoms with Crippen LogP contribution in [0.5, 0.6) is 0 Å². The molecule has 1 aromatic carbocycles. The Hall–Kier alpha value is -0.790. The Labute approximate surface area is 112 Å². The molecule has 2 rings (SSSR count). The Morgan fingerprint density at radius 2 is 2.00 bits per heavy atom. The molecular formula is C15H17ClS. The van der Waals surface area contributed by atoms with Gasteiger partial charge in [-0.1, -0.05) is 30.7 Å². The third kappa shape index (κ3) is 2.56. The third-order valence-electron chi connectivity index (χ3n) is 3.10. The second-order valence-corrected chi connectivity index (χ2v) is 5.77. The lowest BCUT2D eigenvalue weighted by Gasteiger charge is -2.14. The highest BCUT2D eigenvalue weighted by atomic mass is 35.5. The summed E-state index contributed by atoms with van der Waals surface area (Å²) in [6.07, 6.45) is 1.05. The van der Waals surface area contributed by atoms with E-state index in [-0.39, 0.29) is 5.38 Å². The Kier molecular flexibility index (Phi) is 3.90. The molecule has 1 aromatic heterocycles. The zero-order chi connectivity index (χ0) is 12.4. The van der Waals surface area contributed by atoms with Gasteiger partial charge in [0.05, 0.1) is 5.38 Å². The molecule has 0 N–H and O–H groups in total. The summed E-state index contributed by atoms with van der Waals surface area (Å²) in [5, 5.41) is 2.12. The van der Waals surface area contributed by atoms with Gasteiger partial charge in [-0.2, -0.15) is 0 Å². The maximum absolute atomic E-state index is 6.64. The first-order valence-electron chi connectivity index (χ1n) is 5.91. The minimum Gasteiger partial charge on any atom is -0.147 e. The molecule has 0 aliphatic rings. The molecule has 0 saturated heterocycles. The van der Waals surface area contributed by atoms with Gasteiger partial charge in [-0.25, -0.2) is 0 Å². The lowest BCUT2D eigenvalue weighted by atomic mass is 10.00. The van der Waals surface area contributed by atoms with Crippen molar-refractivity contribution in [2.45, 2.75) is 32.6 Å². The van der Waals surface area contributed by atoms with Gasteiger partial charge in [0, 0.05) is 4.88 Å². The summed E-state index contributed by atoms with van der Waals surface area (Å²) in [5.41, 5.74) is 5.15. The monoisotopic (exact) mass is 264 g/mol. The summed E-state index contributed by atoms with van der Waals surface area (Å²) in [7, 11) is 0. The Balaban J connectivity index is 2.43. The van der Waals surface area contributed by atoms with Crippen LogP contribution < -0.4 is 0 Å². The molecule has 2 heteroatoms. The van der Waals surface area contributed by atoms with E-state index in [9.17, 15) is 0 Å². The van der Waals surface area contributed by atoms with E-state index in [4.69, 9.17) is 11.6 Å². The number of hydrogen-bond acceptors (Lipinski definition) is 1. The van der Waals surface area contributed by atoms with Crippen LogP contribution in [0.4, 0.5) is 0 Å². The molecule has 90 valence electrons. The highest BCUT2D eigenvalue weighted by molar-refractivity contribution is 7.10. The predicted octanol–water partition coefficient (Wildman–Crippen LogP) is 5.26. The van der Waals surface area contributed by atoms with Crippen LogP contribution in [0.3, 0.4) is 0 Å². The van der Waals surface area contributed by atoms with E-state index in [2.05, 4.69) is 50.4 Å². The van der Waals surface area contributed by atoms with Gasteiger partial charge in [0.2, 0.25) is 0 Å². The van der Waals surface area contributed by atoms with Gasteiger partial charge < -0.3 is 0 Å². The fraction of sp³-hybridized carbons (Fsp3) is 0.333. The molecule has 0 spiro atoms. The Morgan fingerprint density at radius 3 is 2.71 bits per heavy atom. The molecular weight excluding hydrogens is 248 g/mol. The highest BCUT2D eigenvalue weighted by Gasteiger charge is 2.17.